The van der Waals surface area contributed by atoms with Crippen LogP contribution in [-0.2, 0) is 11.2 Å². The number of carboxylic acids is 1. The van der Waals surface area contributed by atoms with Crippen LogP contribution in [0.1, 0.15) is 18.4 Å². The molecule has 1 heterocycles. The van der Waals surface area contributed by atoms with Crippen LogP contribution in [0.15, 0.2) is 24.3 Å². The fraction of sp³-hybridized carbons (Fsp3) is 0.462. The van der Waals surface area contributed by atoms with Crippen LogP contribution in [0, 0.1) is 3.57 Å². The predicted molar refractivity (Wildman–Crippen MR) is 75.1 cm³/mol. The van der Waals surface area contributed by atoms with Gasteiger partial charge in [0.2, 0.25) is 0 Å². The lowest BCUT2D eigenvalue weighted by molar-refractivity contribution is -0.142. The maximum atomic E-state index is 11.3. The summed E-state index contributed by atoms with van der Waals surface area (Å²) in [7, 11) is 0. The molecule has 1 aliphatic rings. The Morgan fingerprint density at radius 3 is 2.41 bits per heavy atom. The van der Waals surface area contributed by atoms with Crippen molar-refractivity contribution in [3.8, 4) is 0 Å². The zero-order valence-corrected chi connectivity index (χ0v) is 11.8. The summed E-state index contributed by atoms with van der Waals surface area (Å²) in [6.45, 7) is 1.84. The molecule has 0 aromatic heterocycles. The van der Waals surface area contributed by atoms with Gasteiger partial charge >= 0.3 is 5.97 Å². The topological polar surface area (TPSA) is 40.5 Å². The van der Waals surface area contributed by atoms with Crippen molar-refractivity contribution in [3.05, 3.63) is 33.4 Å². The molecular weight excluding hydrogens is 329 g/mol. The molecule has 1 aromatic rings. The van der Waals surface area contributed by atoms with Gasteiger partial charge in [-0.2, -0.15) is 0 Å². The summed E-state index contributed by atoms with van der Waals surface area (Å²) in [6.07, 6.45) is 2.85. The van der Waals surface area contributed by atoms with Crippen molar-refractivity contribution in [2.24, 2.45) is 0 Å². The van der Waals surface area contributed by atoms with Crippen molar-refractivity contribution in [2.45, 2.75) is 25.3 Å². The molecule has 2 rings (SSSR count). The lowest BCUT2D eigenvalue weighted by Crippen LogP contribution is -2.40. The van der Waals surface area contributed by atoms with Gasteiger partial charge in [0.1, 0.15) is 6.04 Å². The number of likely N-dealkylation sites (tertiary alicyclic amines) is 1. The van der Waals surface area contributed by atoms with Crippen molar-refractivity contribution in [2.75, 3.05) is 13.1 Å². The SMILES string of the molecule is O=C(O)[C@H](Cc1ccc(I)cc1)N1CCCC1. The molecule has 1 aromatic carbocycles. The highest BCUT2D eigenvalue weighted by Gasteiger charge is 2.27. The van der Waals surface area contributed by atoms with Gasteiger partial charge in [-0.1, -0.05) is 12.1 Å². The highest BCUT2D eigenvalue weighted by Crippen LogP contribution is 2.17. The van der Waals surface area contributed by atoms with E-state index in [1.807, 2.05) is 24.3 Å². The maximum absolute atomic E-state index is 11.3. The first-order valence-electron chi connectivity index (χ1n) is 5.88. The molecule has 0 aliphatic carbocycles. The van der Waals surface area contributed by atoms with Crippen molar-refractivity contribution in [3.63, 3.8) is 0 Å². The Hall–Kier alpha value is -0.620. The molecule has 0 bridgehead atoms. The van der Waals surface area contributed by atoms with Crippen LogP contribution in [0.3, 0.4) is 0 Å². The van der Waals surface area contributed by atoms with E-state index in [-0.39, 0.29) is 6.04 Å². The average Bonchev–Trinajstić information content (AvgIpc) is 2.81. The molecular formula is C13H16INO2. The van der Waals surface area contributed by atoms with Crippen LogP contribution in [0.4, 0.5) is 0 Å². The summed E-state index contributed by atoms with van der Waals surface area (Å²) in [6, 6.07) is 7.73. The number of hydrogen-bond acceptors (Lipinski definition) is 2. The number of aliphatic carboxylic acids is 1. The van der Waals surface area contributed by atoms with E-state index in [4.69, 9.17) is 0 Å². The number of nitrogens with zero attached hydrogens (tertiary/aromatic N) is 1. The van der Waals surface area contributed by atoms with Crippen LogP contribution >= 0.6 is 22.6 Å². The summed E-state index contributed by atoms with van der Waals surface area (Å²) in [5.41, 5.74) is 1.10. The minimum atomic E-state index is -0.703. The molecule has 1 N–H and O–H groups in total. The largest absolute Gasteiger partial charge is 0.480 e. The Bertz CT molecular complexity index is 385. The van der Waals surface area contributed by atoms with Gasteiger partial charge < -0.3 is 5.11 Å². The number of halogens is 1. The molecule has 0 saturated carbocycles. The summed E-state index contributed by atoms with van der Waals surface area (Å²) >= 11 is 2.25. The average molecular weight is 345 g/mol. The first-order chi connectivity index (χ1) is 8.16. The molecule has 4 heteroatoms. The molecule has 92 valence electrons. The molecule has 3 nitrogen and oxygen atoms in total. The second-order valence-corrected chi connectivity index (χ2v) is 5.67. The number of benzene rings is 1. The third-order valence-corrected chi connectivity index (χ3v) is 3.93. The fourth-order valence-electron chi connectivity index (χ4n) is 2.27. The molecule has 0 amide bonds. The summed E-state index contributed by atoms with van der Waals surface area (Å²) < 4.78 is 1.18. The molecule has 1 saturated heterocycles. The second kappa shape index (κ2) is 5.82. The second-order valence-electron chi connectivity index (χ2n) is 4.43. The van der Waals surface area contributed by atoms with Gasteiger partial charge in [-0.05, 0) is 72.6 Å². The Kier molecular flexibility index (Phi) is 4.39. The minimum Gasteiger partial charge on any atom is -0.480 e. The molecule has 1 aliphatic heterocycles. The summed E-state index contributed by atoms with van der Waals surface area (Å²) in [4.78, 5) is 13.4. The normalized spacial score (nSPS) is 18.2. The molecule has 17 heavy (non-hydrogen) atoms. The number of rotatable bonds is 4. The first-order valence-corrected chi connectivity index (χ1v) is 6.96. The van der Waals surface area contributed by atoms with Crippen molar-refractivity contribution < 1.29 is 9.90 Å². The van der Waals surface area contributed by atoms with Crippen LogP contribution in [0.5, 0.6) is 0 Å². The fourth-order valence-corrected chi connectivity index (χ4v) is 2.63. The Morgan fingerprint density at radius 2 is 1.88 bits per heavy atom. The molecule has 0 spiro atoms. The van der Waals surface area contributed by atoms with E-state index in [1.54, 1.807) is 0 Å². The highest BCUT2D eigenvalue weighted by molar-refractivity contribution is 14.1. The zero-order chi connectivity index (χ0) is 12.3. The Balaban J connectivity index is 2.06. The van der Waals surface area contributed by atoms with Crippen LogP contribution < -0.4 is 0 Å². The molecule has 0 unspecified atom stereocenters. The van der Waals surface area contributed by atoms with Gasteiger partial charge in [-0.15, -0.1) is 0 Å². The van der Waals surface area contributed by atoms with Crippen molar-refractivity contribution in [1.82, 2.24) is 4.90 Å². The van der Waals surface area contributed by atoms with Gasteiger partial charge in [0, 0.05) is 3.57 Å². The van der Waals surface area contributed by atoms with E-state index >= 15 is 0 Å². The van der Waals surface area contributed by atoms with Crippen molar-refractivity contribution in [1.29, 1.82) is 0 Å². The van der Waals surface area contributed by atoms with E-state index in [0.29, 0.717) is 6.42 Å². The molecule has 1 fully saturated rings. The minimum absolute atomic E-state index is 0.363. The summed E-state index contributed by atoms with van der Waals surface area (Å²) in [5, 5.41) is 9.31. The standard InChI is InChI=1S/C13H16INO2/c14-11-5-3-10(4-6-11)9-12(13(16)17)15-7-1-2-8-15/h3-6,12H,1-2,7-9H2,(H,16,17)/t12-/m0/s1. The van der Waals surface area contributed by atoms with E-state index in [1.165, 1.54) is 3.57 Å². The van der Waals surface area contributed by atoms with Gasteiger partial charge in [0.15, 0.2) is 0 Å². The lowest BCUT2D eigenvalue weighted by Gasteiger charge is -2.23. The highest BCUT2D eigenvalue weighted by atomic mass is 127. The number of hydrogen-bond donors (Lipinski definition) is 1. The molecule has 0 radical (unpaired) electrons. The maximum Gasteiger partial charge on any atom is 0.321 e. The lowest BCUT2D eigenvalue weighted by atomic mass is 10.1. The van der Waals surface area contributed by atoms with Gasteiger partial charge in [0.25, 0.3) is 0 Å². The third-order valence-electron chi connectivity index (χ3n) is 3.21. The Labute approximate surface area is 115 Å². The number of carboxylic acid groups (broad SMARTS) is 1. The van der Waals surface area contributed by atoms with E-state index in [9.17, 15) is 9.90 Å². The third kappa shape index (κ3) is 3.42. The molecule has 1 atom stereocenters. The predicted octanol–water partition coefficient (Wildman–Crippen LogP) is 2.38. The van der Waals surface area contributed by atoms with Gasteiger partial charge in [0.05, 0.1) is 0 Å². The van der Waals surface area contributed by atoms with E-state index in [2.05, 4.69) is 27.5 Å². The van der Waals surface area contributed by atoms with Crippen LogP contribution in [0.25, 0.3) is 0 Å². The monoisotopic (exact) mass is 345 g/mol. The van der Waals surface area contributed by atoms with Gasteiger partial charge in [-0.25, -0.2) is 0 Å². The zero-order valence-electron chi connectivity index (χ0n) is 9.60. The summed E-state index contributed by atoms with van der Waals surface area (Å²) in [5.74, 6) is -0.703. The quantitative estimate of drug-likeness (QED) is 0.852. The van der Waals surface area contributed by atoms with Crippen LogP contribution in [0.2, 0.25) is 0 Å². The Morgan fingerprint density at radius 1 is 1.29 bits per heavy atom. The smallest absolute Gasteiger partial charge is 0.321 e. The van der Waals surface area contributed by atoms with Gasteiger partial charge in [-0.3, -0.25) is 9.69 Å². The van der Waals surface area contributed by atoms with Crippen LogP contribution in [-0.4, -0.2) is 35.1 Å². The van der Waals surface area contributed by atoms with E-state index in [0.717, 1.165) is 31.5 Å². The number of carbonyl (C=O) groups is 1. The van der Waals surface area contributed by atoms with E-state index < -0.39 is 5.97 Å². The first kappa shape index (κ1) is 12.8. The van der Waals surface area contributed by atoms with Crippen molar-refractivity contribution >= 4 is 28.6 Å².